The zero-order chi connectivity index (χ0) is 15.6. The summed E-state index contributed by atoms with van der Waals surface area (Å²) < 4.78 is 7.51. The van der Waals surface area contributed by atoms with E-state index in [0.29, 0.717) is 19.4 Å². The van der Waals surface area contributed by atoms with Crippen molar-refractivity contribution in [1.82, 2.24) is 20.0 Å². The molecule has 0 unspecified atom stereocenters. The van der Waals surface area contributed by atoms with Crippen LogP contribution in [0.5, 0.6) is 0 Å². The number of hydrogen-bond donors (Lipinski definition) is 2. The normalized spacial score (nSPS) is 17.5. The number of carbonyl (C=O) groups excluding carboxylic acids is 1. The average molecular weight is 302 g/mol. The number of amides is 1. The number of rotatable bonds is 4. The minimum Gasteiger partial charge on any atom is -0.368 e. The molecule has 2 aromatic heterocycles. The monoisotopic (exact) mass is 302 g/mol. The molecule has 0 spiro atoms. The average Bonchev–Trinajstić information content (AvgIpc) is 2.98. The Morgan fingerprint density at radius 1 is 1.50 bits per heavy atom. The maximum Gasteiger partial charge on any atom is 0.252 e. The van der Waals surface area contributed by atoms with E-state index >= 15 is 0 Å². The van der Waals surface area contributed by atoms with Gasteiger partial charge in [-0.1, -0.05) is 6.07 Å². The van der Waals surface area contributed by atoms with E-state index in [4.69, 9.17) is 4.74 Å². The topological polar surface area (TPSA) is 67.7 Å². The number of fused-ring (bicyclic) bond motifs is 1. The number of imidazole rings is 1. The molecule has 2 aromatic rings. The van der Waals surface area contributed by atoms with Crippen LogP contribution in [0.2, 0.25) is 0 Å². The highest BCUT2D eigenvalue weighted by atomic mass is 16.5. The van der Waals surface area contributed by atoms with Crippen LogP contribution in [-0.4, -0.2) is 41.1 Å². The van der Waals surface area contributed by atoms with E-state index in [-0.39, 0.29) is 5.91 Å². The lowest BCUT2D eigenvalue weighted by Gasteiger charge is -2.34. The molecule has 0 atom stereocenters. The summed E-state index contributed by atoms with van der Waals surface area (Å²) >= 11 is 0. The molecule has 1 fully saturated rings. The van der Waals surface area contributed by atoms with E-state index in [9.17, 15) is 4.79 Å². The Kier molecular flexibility index (Phi) is 4.13. The SMILES string of the molecule is COC1(C(=O)NCc2cn3cccc(C)c3n2)CCNCC1. The van der Waals surface area contributed by atoms with Crippen LogP contribution in [0.3, 0.4) is 0 Å². The van der Waals surface area contributed by atoms with Gasteiger partial charge in [-0.25, -0.2) is 4.98 Å². The Hall–Kier alpha value is -1.92. The largest absolute Gasteiger partial charge is 0.368 e. The maximum absolute atomic E-state index is 12.5. The number of ether oxygens (including phenoxy) is 1. The van der Waals surface area contributed by atoms with Gasteiger partial charge in [0.05, 0.1) is 12.2 Å². The molecular formula is C16H22N4O2. The van der Waals surface area contributed by atoms with Crippen LogP contribution in [0.15, 0.2) is 24.5 Å². The first-order valence-corrected chi connectivity index (χ1v) is 7.62. The predicted molar refractivity (Wildman–Crippen MR) is 83.6 cm³/mol. The summed E-state index contributed by atoms with van der Waals surface area (Å²) in [5, 5.41) is 6.22. The number of aryl methyl sites for hydroxylation is 1. The molecule has 6 heteroatoms. The van der Waals surface area contributed by atoms with Gasteiger partial charge < -0.3 is 19.8 Å². The van der Waals surface area contributed by atoms with Crippen molar-refractivity contribution in [3.05, 3.63) is 35.8 Å². The Morgan fingerprint density at radius 3 is 2.95 bits per heavy atom. The number of piperidine rings is 1. The van der Waals surface area contributed by atoms with Gasteiger partial charge in [-0.05, 0) is 44.5 Å². The molecular weight excluding hydrogens is 280 g/mol. The molecule has 0 aromatic carbocycles. The molecule has 6 nitrogen and oxygen atoms in total. The lowest BCUT2D eigenvalue weighted by molar-refractivity contribution is -0.146. The van der Waals surface area contributed by atoms with Gasteiger partial charge in [-0.3, -0.25) is 4.79 Å². The van der Waals surface area contributed by atoms with Crippen molar-refractivity contribution in [3.8, 4) is 0 Å². The zero-order valence-electron chi connectivity index (χ0n) is 13.1. The summed E-state index contributed by atoms with van der Waals surface area (Å²) in [4.78, 5) is 17.1. The van der Waals surface area contributed by atoms with Gasteiger partial charge in [0, 0.05) is 19.5 Å². The van der Waals surface area contributed by atoms with Crippen molar-refractivity contribution in [3.63, 3.8) is 0 Å². The Bertz CT molecular complexity index is 674. The number of hydrogen-bond acceptors (Lipinski definition) is 4. The van der Waals surface area contributed by atoms with Crippen LogP contribution < -0.4 is 10.6 Å². The molecule has 1 saturated heterocycles. The highest BCUT2D eigenvalue weighted by Gasteiger charge is 2.39. The van der Waals surface area contributed by atoms with E-state index < -0.39 is 5.60 Å². The van der Waals surface area contributed by atoms with Crippen molar-refractivity contribution in [2.24, 2.45) is 0 Å². The summed E-state index contributed by atoms with van der Waals surface area (Å²) in [6, 6.07) is 4.01. The van der Waals surface area contributed by atoms with Gasteiger partial charge in [0.2, 0.25) is 0 Å². The van der Waals surface area contributed by atoms with Gasteiger partial charge >= 0.3 is 0 Å². The number of nitrogens with one attached hydrogen (secondary N) is 2. The van der Waals surface area contributed by atoms with Crippen LogP contribution >= 0.6 is 0 Å². The second-order valence-corrected chi connectivity index (χ2v) is 5.79. The third kappa shape index (κ3) is 2.71. The number of methoxy groups -OCH3 is 1. The van der Waals surface area contributed by atoms with Crippen molar-refractivity contribution >= 4 is 11.6 Å². The molecule has 3 heterocycles. The van der Waals surface area contributed by atoms with Crippen molar-refractivity contribution < 1.29 is 9.53 Å². The maximum atomic E-state index is 12.5. The zero-order valence-corrected chi connectivity index (χ0v) is 13.1. The van der Waals surface area contributed by atoms with Gasteiger partial charge in [-0.15, -0.1) is 0 Å². The second kappa shape index (κ2) is 6.06. The third-order valence-electron chi connectivity index (χ3n) is 4.37. The highest BCUT2D eigenvalue weighted by molar-refractivity contribution is 5.85. The molecule has 1 aliphatic rings. The summed E-state index contributed by atoms with van der Waals surface area (Å²) in [6.45, 7) is 4.04. The molecule has 22 heavy (non-hydrogen) atoms. The molecule has 0 radical (unpaired) electrons. The lowest BCUT2D eigenvalue weighted by Crippen LogP contribution is -2.53. The molecule has 0 aliphatic carbocycles. The van der Waals surface area contributed by atoms with Crippen LogP contribution in [-0.2, 0) is 16.1 Å². The second-order valence-electron chi connectivity index (χ2n) is 5.79. The summed E-state index contributed by atoms with van der Waals surface area (Å²) in [7, 11) is 1.61. The van der Waals surface area contributed by atoms with Crippen molar-refractivity contribution in [1.29, 1.82) is 0 Å². The van der Waals surface area contributed by atoms with E-state index in [2.05, 4.69) is 15.6 Å². The fraction of sp³-hybridized carbons (Fsp3) is 0.500. The molecule has 3 rings (SSSR count). The van der Waals surface area contributed by atoms with E-state index in [0.717, 1.165) is 30.0 Å². The fourth-order valence-corrected chi connectivity index (χ4v) is 2.98. The number of pyridine rings is 1. The molecule has 118 valence electrons. The number of carbonyl (C=O) groups is 1. The first kappa shape index (κ1) is 15.0. The summed E-state index contributed by atoms with van der Waals surface area (Å²) in [5.74, 6) is -0.0507. The van der Waals surface area contributed by atoms with Crippen LogP contribution in [0, 0.1) is 6.92 Å². The van der Waals surface area contributed by atoms with E-state index in [1.807, 2.05) is 35.9 Å². The van der Waals surface area contributed by atoms with Gasteiger partial charge in [0.15, 0.2) is 0 Å². The summed E-state index contributed by atoms with van der Waals surface area (Å²) in [5.41, 5.74) is 2.19. The third-order valence-corrected chi connectivity index (χ3v) is 4.37. The standard InChI is InChI=1S/C16H22N4O2/c1-12-4-3-9-20-11-13(19-14(12)20)10-18-15(21)16(22-2)5-7-17-8-6-16/h3-4,9,11,17H,5-8,10H2,1-2H3,(H,18,21). The van der Waals surface area contributed by atoms with Crippen LogP contribution in [0.1, 0.15) is 24.1 Å². The molecule has 2 N–H and O–H groups in total. The first-order chi connectivity index (χ1) is 10.6. The number of nitrogens with zero attached hydrogens (tertiary/aromatic N) is 2. The molecule has 1 amide bonds. The quantitative estimate of drug-likeness (QED) is 0.885. The lowest BCUT2D eigenvalue weighted by atomic mass is 9.91. The van der Waals surface area contributed by atoms with Crippen LogP contribution in [0.4, 0.5) is 0 Å². The minimum absolute atomic E-state index is 0.0507. The minimum atomic E-state index is -0.708. The highest BCUT2D eigenvalue weighted by Crippen LogP contribution is 2.22. The van der Waals surface area contributed by atoms with Crippen molar-refractivity contribution in [2.45, 2.75) is 31.9 Å². The van der Waals surface area contributed by atoms with E-state index in [1.54, 1.807) is 7.11 Å². The van der Waals surface area contributed by atoms with Crippen LogP contribution in [0.25, 0.3) is 5.65 Å². The van der Waals surface area contributed by atoms with E-state index in [1.165, 1.54) is 0 Å². The molecule has 0 bridgehead atoms. The smallest absolute Gasteiger partial charge is 0.252 e. The van der Waals surface area contributed by atoms with Gasteiger partial charge in [0.1, 0.15) is 11.2 Å². The molecule has 1 aliphatic heterocycles. The first-order valence-electron chi connectivity index (χ1n) is 7.62. The predicted octanol–water partition coefficient (Wildman–Crippen LogP) is 1.03. The Balaban J connectivity index is 1.70. The Morgan fingerprint density at radius 2 is 2.27 bits per heavy atom. The van der Waals surface area contributed by atoms with Gasteiger partial charge in [-0.2, -0.15) is 0 Å². The summed E-state index contributed by atoms with van der Waals surface area (Å²) in [6.07, 6.45) is 5.30. The van der Waals surface area contributed by atoms with Crippen molar-refractivity contribution in [2.75, 3.05) is 20.2 Å². The Labute approximate surface area is 129 Å². The number of aromatic nitrogens is 2. The van der Waals surface area contributed by atoms with Gasteiger partial charge in [0.25, 0.3) is 5.91 Å². The molecule has 0 saturated carbocycles. The fourth-order valence-electron chi connectivity index (χ4n) is 2.98.